The molecule has 0 saturated carbocycles. The number of nitrogens with one attached hydrogen (secondary N) is 1. The molecule has 1 aliphatic rings. The standard InChI is InChI=1S/C17H24N2/c1-12(2)17(10-9-14(4)11-16(17)18)19-15-7-5-13(3)6-8-15/h5-12,16,19H,18H2,1-4H3. The molecule has 0 aromatic heterocycles. The van der Waals surface area contributed by atoms with Crippen LogP contribution in [0.1, 0.15) is 26.3 Å². The largest absolute Gasteiger partial charge is 0.374 e. The number of rotatable bonds is 3. The number of hydrogen-bond donors (Lipinski definition) is 2. The van der Waals surface area contributed by atoms with E-state index in [1.807, 2.05) is 0 Å². The Hall–Kier alpha value is -1.54. The molecule has 2 nitrogen and oxygen atoms in total. The zero-order valence-corrected chi connectivity index (χ0v) is 12.3. The van der Waals surface area contributed by atoms with Crippen molar-refractivity contribution in [2.75, 3.05) is 5.32 Å². The van der Waals surface area contributed by atoms with E-state index in [1.54, 1.807) is 0 Å². The van der Waals surface area contributed by atoms with E-state index in [-0.39, 0.29) is 11.6 Å². The van der Waals surface area contributed by atoms with Crippen molar-refractivity contribution in [2.45, 2.75) is 39.3 Å². The molecule has 0 radical (unpaired) electrons. The summed E-state index contributed by atoms with van der Waals surface area (Å²) >= 11 is 0. The van der Waals surface area contributed by atoms with Gasteiger partial charge in [-0.25, -0.2) is 0 Å². The molecule has 0 amide bonds. The predicted octanol–water partition coefficient (Wildman–Crippen LogP) is 3.65. The van der Waals surface area contributed by atoms with E-state index in [0.717, 1.165) is 5.69 Å². The van der Waals surface area contributed by atoms with E-state index in [0.29, 0.717) is 5.92 Å². The second-order valence-corrected chi connectivity index (χ2v) is 5.85. The van der Waals surface area contributed by atoms with Crippen LogP contribution < -0.4 is 11.1 Å². The van der Waals surface area contributed by atoms with E-state index >= 15 is 0 Å². The van der Waals surface area contributed by atoms with Crippen molar-refractivity contribution >= 4 is 5.69 Å². The van der Waals surface area contributed by atoms with Gasteiger partial charge in [0.15, 0.2) is 0 Å². The quantitative estimate of drug-likeness (QED) is 0.866. The van der Waals surface area contributed by atoms with E-state index in [2.05, 4.69) is 75.5 Å². The Labute approximate surface area is 116 Å². The van der Waals surface area contributed by atoms with Gasteiger partial charge in [-0.15, -0.1) is 0 Å². The monoisotopic (exact) mass is 256 g/mol. The molecule has 19 heavy (non-hydrogen) atoms. The molecule has 0 fully saturated rings. The molecule has 0 aliphatic heterocycles. The van der Waals surface area contributed by atoms with Crippen LogP contribution in [0.2, 0.25) is 0 Å². The number of hydrogen-bond acceptors (Lipinski definition) is 2. The van der Waals surface area contributed by atoms with Crippen LogP contribution in [-0.4, -0.2) is 11.6 Å². The highest BCUT2D eigenvalue weighted by molar-refractivity contribution is 5.51. The first-order valence-electron chi connectivity index (χ1n) is 6.92. The fourth-order valence-electron chi connectivity index (χ4n) is 2.59. The Balaban J connectivity index is 2.31. The Kier molecular flexibility index (Phi) is 3.81. The maximum atomic E-state index is 6.39. The molecular weight excluding hydrogens is 232 g/mol. The van der Waals surface area contributed by atoms with Crippen LogP contribution in [0.15, 0.2) is 48.1 Å². The molecule has 102 valence electrons. The summed E-state index contributed by atoms with van der Waals surface area (Å²) in [6, 6.07) is 8.46. The molecule has 0 heterocycles. The minimum atomic E-state index is -0.214. The predicted molar refractivity (Wildman–Crippen MR) is 83.2 cm³/mol. The van der Waals surface area contributed by atoms with Crippen LogP contribution in [-0.2, 0) is 0 Å². The fraction of sp³-hybridized carbons (Fsp3) is 0.412. The van der Waals surface area contributed by atoms with Crippen LogP contribution in [0.3, 0.4) is 0 Å². The first-order chi connectivity index (χ1) is 8.94. The Morgan fingerprint density at radius 3 is 2.32 bits per heavy atom. The molecule has 1 aromatic carbocycles. The summed E-state index contributed by atoms with van der Waals surface area (Å²) in [5, 5.41) is 3.63. The van der Waals surface area contributed by atoms with Gasteiger partial charge in [0.05, 0.1) is 11.6 Å². The fourth-order valence-corrected chi connectivity index (χ4v) is 2.59. The van der Waals surface area contributed by atoms with Crippen molar-refractivity contribution in [1.29, 1.82) is 0 Å². The third-order valence-corrected chi connectivity index (χ3v) is 3.98. The number of aryl methyl sites for hydroxylation is 1. The second-order valence-electron chi connectivity index (χ2n) is 5.85. The van der Waals surface area contributed by atoms with Gasteiger partial charge in [-0.2, -0.15) is 0 Å². The topological polar surface area (TPSA) is 38.0 Å². The number of allylic oxidation sites excluding steroid dienone is 2. The molecule has 1 aliphatic carbocycles. The maximum absolute atomic E-state index is 6.39. The van der Waals surface area contributed by atoms with Gasteiger partial charge in [0.25, 0.3) is 0 Å². The lowest BCUT2D eigenvalue weighted by molar-refractivity contribution is 0.378. The summed E-state index contributed by atoms with van der Waals surface area (Å²) in [5.74, 6) is 0.407. The van der Waals surface area contributed by atoms with Gasteiger partial charge in [-0.1, -0.05) is 55.3 Å². The first kappa shape index (κ1) is 13.9. The Morgan fingerprint density at radius 1 is 1.16 bits per heavy atom. The molecule has 0 bridgehead atoms. The van der Waals surface area contributed by atoms with Crippen molar-refractivity contribution in [3.8, 4) is 0 Å². The molecule has 2 unspecified atom stereocenters. The van der Waals surface area contributed by atoms with E-state index in [4.69, 9.17) is 5.73 Å². The second kappa shape index (κ2) is 5.22. The molecule has 2 rings (SSSR count). The smallest absolute Gasteiger partial charge is 0.0769 e. The minimum absolute atomic E-state index is 0.0150. The summed E-state index contributed by atoms with van der Waals surface area (Å²) in [5.41, 5.74) is 9.80. The molecule has 2 atom stereocenters. The summed E-state index contributed by atoms with van der Waals surface area (Å²) in [6.45, 7) is 8.60. The van der Waals surface area contributed by atoms with Crippen molar-refractivity contribution in [1.82, 2.24) is 0 Å². The Bertz CT molecular complexity index is 496. The van der Waals surface area contributed by atoms with E-state index < -0.39 is 0 Å². The normalized spacial score (nSPS) is 26.4. The maximum Gasteiger partial charge on any atom is 0.0769 e. The summed E-state index contributed by atoms with van der Waals surface area (Å²) in [4.78, 5) is 0. The molecule has 2 heteroatoms. The SMILES string of the molecule is CC1=CC(N)C(Nc2ccc(C)cc2)(C(C)C)C=C1. The zero-order chi connectivity index (χ0) is 14.0. The highest BCUT2D eigenvalue weighted by Gasteiger charge is 2.37. The number of anilines is 1. The lowest BCUT2D eigenvalue weighted by Gasteiger charge is -2.42. The van der Waals surface area contributed by atoms with Gasteiger partial charge in [-0.3, -0.25) is 0 Å². The molecule has 0 saturated heterocycles. The van der Waals surface area contributed by atoms with Crippen LogP contribution in [0.25, 0.3) is 0 Å². The molecule has 0 spiro atoms. The van der Waals surface area contributed by atoms with Gasteiger partial charge in [-0.05, 0) is 31.9 Å². The summed E-state index contributed by atoms with van der Waals surface area (Å²) in [6.07, 6.45) is 6.52. The summed E-state index contributed by atoms with van der Waals surface area (Å²) in [7, 11) is 0. The molecule has 1 aromatic rings. The number of nitrogens with two attached hydrogens (primary N) is 1. The third kappa shape index (κ3) is 2.74. The third-order valence-electron chi connectivity index (χ3n) is 3.98. The zero-order valence-electron chi connectivity index (χ0n) is 12.3. The Morgan fingerprint density at radius 2 is 1.79 bits per heavy atom. The van der Waals surface area contributed by atoms with E-state index in [1.165, 1.54) is 11.1 Å². The van der Waals surface area contributed by atoms with Gasteiger partial charge in [0, 0.05) is 5.69 Å². The lowest BCUT2D eigenvalue weighted by atomic mass is 9.76. The number of benzene rings is 1. The average molecular weight is 256 g/mol. The molecular formula is C17H24N2. The highest BCUT2D eigenvalue weighted by atomic mass is 15.0. The lowest BCUT2D eigenvalue weighted by Crippen LogP contribution is -2.56. The van der Waals surface area contributed by atoms with Crippen molar-refractivity contribution in [3.05, 3.63) is 53.6 Å². The molecule has 3 N–H and O–H groups in total. The van der Waals surface area contributed by atoms with Gasteiger partial charge in [0.2, 0.25) is 0 Å². The minimum Gasteiger partial charge on any atom is -0.374 e. The average Bonchev–Trinajstić information content (AvgIpc) is 2.35. The van der Waals surface area contributed by atoms with Gasteiger partial charge < -0.3 is 11.1 Å². The van der Waals surface area contributed by atoms with Crippen LogP contribution in [0.4, 0.5) is 5.69 Å². The van der Waals surface area contributed by atoms with Crippen molar-refractivity contribution in [2.24, 2.45) is 11.7 Å². The van der Waals surface area contributed by atoms with E-state index in [9.17, 15) is 0 Å². The van der Waals surface area contributed by atoms with Crippen LogP contribution >= 0.6 is 0 Å². The van der Waals surface area contributed by atoms with Crippen LogP contribution in [0, 0.1) is 12.8 Å². The highest BCUT2D eigenvalue weighted by Crippen LogP contribution is 2.31. The van der Waals surface area contributed by atoms with Crippen LogP contribution in [0.5, 0.6) is 0 Å². The van der Waals surface area contributed by atoms with Crippen molar-refractivity contribution < 1.29 is 0 Å². The van der Waals surface area contributed by atoms with Gasteiger partial charge >= 0.3 is 0 Å². The van der Waals surface area contributed by atoms with Gasteiger partial charge in [0.1, 0.15) is 0 Å². The summed E-state index contributed by atoms with van der Waals surface area (Å²) < 4.78 is 0. The van der Waals surface area contributed by atoms with Crippen molar-refractivity contribution in [3.63, 3.8) is 0 Å². The first-order valence-corrected chi connectivity index (χ1v) is 6.92.